The second-order valence-electron chi connectivity index (χ2n) is 5.47. The maximum absolute atomic E-state index is 12.5. The van der Waals surface area contributed by atoms with E-state index >= 15 is 0 Å². The highest BCUT2D eigenvalue weighted by molar-refractivity contribution is 7.92. The van der Waals surface area contributed by atoms with Crippen LogP contribution in [0.3, 0.4) is 0 Å². The van der Waals surface area contributed by atoms with Gasteiger partial charge in [-0.3, -0.25) is 0 Å². The van der Waals surface area contributed by atoms with Gasteiger partial charge < -0.3 is 5.73 Å². The highest BCUT2D eigenvalue weighted by Gasteiger charge is 2.32. The first-order valence-corrected chi connectivity index (χ1v) is 9.98. The number of sulfone groups is 1. The van der Waals surface area contributed by atoms with E-state index in [0.29, 0.717) is 12.0 Å². The maximum atomic E-state index is 12.5. The fourth-order valence-electron chi connectivity index (χ4n) is 2.55. The van der Waals surface area contributed by atoms with Gasteiger partial charge in [0.2, 0.25) is 10.0 Å². The molecule has 0 aliphatic carbocycles. The molecule has 1 aliphatic rings. The van der Waals surface area contributed by atoms with Crippen LogP contribution in [-0.4, -0.2) is 34.4 Å². The Hall–Kier alpha value is -0.960. The van der Waals surface area contributed by atoms with Gasteiger partial charge in [-0.2, -0.15) is 0 Å². The molecule has 1 aliphatic heterocycles. The van der Waals surface area contributed by atoms with E-state index in [1.54, 1.807) is 19.1 Å². The van der Waals surface area contributed by atoms with Crippen molar-refractivity contribution in [1.82, 2.24) is 4.72 Å². The molecule has 1 aromatic carbocycles. The monoisotopic (exact) mass is 332 g/mol. The van der Waals surface area contributed by atoms with Crippen LogP contribution >= 0.6 is 0 Å². The summed E-state index contributed by atoms with van der Waals surface area (Å²) in [6, 6.07) is 2.79. The quantitative estimate of drug-likeness (QED) is 0.821. The van der Waals surface area contributed by atoms with Gasteiger partial charge in [0.05, 0.1) is 16.4 Å². The van der Waals surface area contributed by atoms with E-state index < -0.39 is 25.9 Å². The third kappa shape index (κ3) is 3.63. The summed E-state index contributed by atoms with van der Waals surface area (Å²) >= 11 is 0. The minimum atomic E-state index is -3.74. The number of nitrogens with two attached hydrogens (primary N) is 1. The smallest absolute Gasteiger partial charge is 0.241 e. The van der Waals surface area contributed by atoms with Gasteiger partial charge in [-0.1, -0.05) is 6.07 Å². The molecular formula is C13H20N2O4S2. The summed E-state index contributed by atoms with van der Waals surface area (Å²) in [6.45, 7) is 3.85. The number of sulfonamides is 1. The summed E-state index contributed by atoms with van der Waals surface area (Å²) in [6.07, 6.45) is 0.316. The van der Waals surface area contributed by atoms with Crippen LogP contribution in [0.2, 0.25) is 0 Å². The van der Waals surface area contributed by atoms with Gasteiger partial charge in [-0.15, -0.1) is 0 Å². The Labute approximate surface area is 125 Å². The van der Waals surface area contributed by atoms with Crippen molar-refractivity contribution in [2.45, 2.75) is 37.8 Å². The molecule has 0 spiro atoms. The van der Waals surface area contributed by atoms with Crippen molar-refractivity contribution in [3.63, 3.8) is 0 Å². The first-order chi connectivity index (χ1) is 9.64. The Morgan fingerprint density at radius 2 is 1.95 bits per heavy atom. The molecule has 0 saturated carbocycles. The van der Waals surface area contributed by atoms with E-state index in [4.69, 9.17) is 5.73 Å². The summed E-state index contributed by atoms with van der Waals surface area (Å²) in [4.78, 5) is 0.165. The Morgan fingerprint density at radius 3 is 2.48 bits per heavy atom. The van der Waals surface area contributed by atoms with E-state index in [-0.39, 0.29) is 22.9 Å². The Bertz CT molecular complexity index is 755. The van der Waals surface area contributed by atoms with E-state index in [9.17, 15) is 16.8 Å². The van der Waals surface area contributed by atoms with E-state index in [1.807, 2.05) is 6.92 Å². The summed E-state index contributed by atoms with van der Waals surface area (Å²) in [5.74, 6) is -0.109. The molecule has 1 saturated heterocycles. The van der Waals surface area contributed by atoms with Crippen molar-refractivity contribution < 1.29 is 16.8 Å². The number of nitrogens with one attached hydrogen (secondary N) is 1. The highest BCUT2D eigenvalue weighted by atomic mass is 32.2. The maximum Gasteiger partial charge on any atom is 0.241 e. The number of hydrogen-bond donors (Lipinski definition) is 2. The lowest BCUT2D eigenvalue weighted by Gasteiger charge is -2.15. The molecule has 1 aromatic rings. The Morgan fingerprint density at radius 1 is 1.29 bits per heavy atom. The average molecular weight is 332 g/mol. The normalized spacial score (nSPS) is 21.6. The number of hydrogen-bond acceptors (Lipinski definition) is 5. The van der Waals surface area contributed by atoms with Crippen LogP contribution in [0.15, 0.2) is 17.0 Å². The van der Waals surface area contributed by atoms with Crippen LogP contribution in [0.1, 0.15) is 23.1 Å². The summed E-state index contributed by atoms with van der Waals surface area (Å²) in [5.41, 5.74) is 7.95. The van der Waals surface area contributed by atoms with Crippen molar-refractivity contribution in [2.24, 2.45) is 5.73 Å². The third-order valence-corrected chi connectivity index (χ3v) is 7.13. The molecule has 0 amide bonds. The molecule has 0 bridgehead atoms. The first kappa shape index (κ1) is 16.4. The van der Waals surface area contributed by atoms with Gasteiger partial charge in [0.25, 0.3) is 0 Å². The molecule has 1 heterocycles. The second kappa shape index (κ2) is 5.68. The Kier molecular flexibility index (Phi) is 4.44. The van der Waals surface area contributed by atoms with Crippen molar-refractivity contribution in [3.05, 3.63) is 28.8 Å². The van der Waals surface area contributed by atoms with Crippen LogP contribution in [0, 0.1) is 13.8 Å². The highest BCUT2D eigenvalue weighted by Crippen LogP contribution is 2.22. The van der Waals surface area contributed by atoms with Crippen LogP contribution in [0.5, 0.6) is 0 Å². The van der Waals surface area contributed by atoms with Gasteiger partial charge in [0, 0.05) is 12.6 Å². The van der Waals surface area contributed by atoms with Gasteiger partial charge in [-0.25, -0.2) is 21.6 Å². The molecule has 3 N–H and O–H groups in total. The zero-order valence-corrected chi connectivity index (χ0v) is 13.7. The van der Waals surface area contributed by atoms with Gasteiger partial charge in [-0.05, 0) is 43.0 Å². The molecule has 2 rings (SSSR count). The molecule has 0 aromatic heterocycles. The minimum Gasteiger partial charge on any atom is -0.326 e. The van der Waals surface area contributed by atoms with E-state index in [1.165, 1.54) is 0 Å². The number of benzene rings is 1. The first-order valence-electron chi connectivity index (χ1n) is 6.67. The molecule has 6 nitrogen and oxygen atoms in total. The lowest BCUT2D eigenvalue weighted by atomic mass is 10.1. The van der Waals surface area contributed by atoms with Crippen LogP contribution in [-0.2, 0) is 26.4 Å². The minimum absolute atomic E-state index is 0.0289. The molecule has 1 atom stereocenters. The van der Waals surface area contributed by atoms with Crippen molar-refractivity contribution in [3.8, 4) is 0 Å². The molecule has 1 unspecified atom stereocenters. The predicted octanol–water partition coefficient (Wildman–Crippen LogP) is 0.228. The fourth-order valence-corrected chi connectivity index (χ4v) is 5.88. The number of aryl methyl sites for hydroxylation is 2. The largest absolute Gasteiger partial charge is 0.326 e. The molecule has 8 heteroatoms. The zero-order chi connectivity index (χ0) is 15.8. The lowest BCUT2D eigenvalue weighted by Crippen LogP contribution is -2.36. The van der Waals surface area contributed by atoms with Crippen molar-refractivity contribution in [2.75, 3.05) is 11.5 Å². The molecular weight excluding hydrogens is 312 g/mol. The van der Waals surface area contributed by atoms with E-state index in [2.05, 4.69) is 4.72 Å². The summed E-state index contributed by atoms with van der Waals surface area (Å²) in [5, 5.41) is 0. The average Bonchev–Trinajstić information content (AvgIpc) is 2.67. The van der Waals surface area contributed by atoms with Gasteiger partial charge in [0.15, 0.2) is 9.84 Å². The van der Waals surface area contributed by atoms with Crippen LogP contribution < -0.4 is 10.5 Å². The second-order valence-corrected chi connectivity index (χ2v) is 9.38. The molecule has 118 valence electrons. The molecule has 21 heavy (non-hydrogen) atoms. The number of rotatable bonds is 4. The van der Waals surface area contributed by atoms with E-state index in [0.717, 1.165) is 11.1 Å². The van der Waals surface area contributed by atoms with Gasteiger partial charge >= 0.3 is 0 Å². The SMILES string of the molecule is Cc1cc(C)c(S(=O)(=O)NC2CCS(=O)(=O)C2)cc1CN. The molecule has 1 fully saturated rings. The topological polar surface area (TPSA) is 106 Å². The fraction of sp³-hybridized carbons (Fsp3) is 0.538. The van der Waals surface area contributed by atoms with Crippen molar-refractivity contribution >= 4 is 19.9 Å². The standard InChI is InChI=1S/C13H20N2O4S2/c1-9-5-10(2)13(6-11(9)7-14)21(18,19)15-12-3-4-20(16,17)8-12/h5-6,12,15H,3-4,7-8,14H2,1-2H3. The van der Waals surface area contributed by atoms with Crippen LogP contribution in [0.25, 0.3) is 0 Å². The lowest BCUT2D eigenvalue weighted by molar-refractivity contribution is 0.561. The van der Waals surface area contributed by atoms with Gasteiger partial charge in [0.1, 0.15) is 0 Å². The summed E-state index contributed by atoms with van der Waals surface area (Å²) in [7, 11) is -6.87. The zero-order valence-electron chi connectivity index (χ0n) is 12.1. The predicted molar refractivity (Wildman–Crippen MR) is 81.2 cm³/mol. The summed E-state index contributed by atoms with van der Waals surface area (Å²) < 4.78 is 50.2. The van der Waals surface area contributed by atoms with Crippen molar-refractivity contribution in [1.29, 1.82) is 0 Å². The Balaban J connectivity index is 2.32. The third-order valence-electron chi connectivity index (χ3n) is 3.70. The molecule has 0 radical (unpaired) electrons. The van der Waals surface area contributed by atoms with Crippen LogP contribution in [0.4, 0.5) is 0 Å².